The second kappa shape index (κ2) is 7.09. The molecule has 5 rings (SSSR count). The molecule has 6 atom stereocenters. The van der Waals surface area contributed by atoms with Gasteiger partial charge in [-0.1, -0.05) is 55.5 Å². The zero-order valence-electron chi connectivity index (χ0n) is 17.5. The molecule has 2 aromatic rings. The molecule has 3 aliphatic carbocycles. The average molecular weight is 403 g/mol. The lowest BCUT2D eigenvalue weighted by atomic mass is 9.50. The van der Waals surface area contributed by atoms with Crippen LogP contribution < -0.4 is 0 Å². The van der Waals surface area contributed by atoms with E-state index in [1.165, 1.54) is 11.1 Å². The molecular formula is C27H30O3. The van der Waals surface area contributed by atoms with Gasteiger partial charge in [-0.3, -0.25) is 0 Å². The molecule has 2 aromatic carbocycles. The molecule has 2 fully saturated rings. The van der Waals surface area contributed by atoms with Crippen molar-refractivity contribution in [1.29, 1.82) is 0 Å². The van der Waals surface area contributed by atoms with Crippen molar-refractivity contribution in [3.05, 3.63) is 71.3 Å². The number of carbonyl (C=O) groups excluding carboxylic acids is 1. The first-order valence-electron chi connectivity index (χ1n) is 11.2. The molecule has 0 bridgehead atoms. The van der Waals surface area contributed by atoms with E-state index in [0.717, 1.165) is 37.5 Å². The maximum absolute atomic E-state index is 12.3. The fraction of sp³-hybridized carbons (Fsp3) is 0.444. The number of phenols is 1. The lowest BCUT2D eigenvalue weighted by Crippen LogP contribution is -2.53. The number of rotatable bonds is 3. The van der Waals surface area contributed by atoms with Crippen LogP contribution in [-0.4, -0.2) is 22.1 Å². The number of aromatic hydroxyl groups is 1. The number of benzene rings is 2. The van der Waals surface area contributed by atoms with Gasteiger partial charge in [0.05, 0.1) is 5.60 Å². The molecule has 3 heteroatoms. The normalized spacial score (nSPS) is 37.4. The molecule has 5 unspecified atom stereocenters. The number of aldehydes is 1. The first-order chi connectivity index (χ1) is 14.4. The molecule has 0 radical (unpaired) electrons. The first kappa shape index (κ1) is 19.6. The molecule has 0 heterocycles. The van der Waals surface area contributed by atoms with E-state index in [0.29, 0.717) is 24.0 Å². The molecule has 0 amide bonds. The minimum atomic E-state index is -0.894. The predicted molar refractivity (Wildman–Crippen MR) is 118 cm³/mol. The summed E-state index contributed by atoms with van der Waals surface area (Å²) in [5.41, 5.74) is 2.31. The molecule has 2 saturated carbocycles. The standard InChI is InChI=1S/C27H30O3/c1-26-16-20(17-28)25-22-10-8-21(29)15-19(22)7-9-23(25)24(26)12-14-27(26,30)13-11-18-5-3-2-4-6-18/h2-6,8,10-11,13,15,17,20,23-25,29-30H,7,9,12,14,16H2,1H3/t20?,23?,24?,25?,26?,27-/m0/s1. The molecule has 0 saturated heterocycles. The van der Waals surface area contributed by atoms with Gasteiger partial charge >= 0.3 is 0 Å². The van der Waals surface area contributed by atoms with E-state index in [1.54, 1.807) is 6.07 Å². The summed E-state index contributed by atoms with van der Waals surface area (Å²) in [4.78, 5) is 12.3. The third-order valence-corrected chi connectivity index (χ3v) is 8.50. The second-order valence-electron chi connectivity index (χ2n) is 9.85. The van der Waals surface area contributed by atoms with E-state index in [4.69, 9.17) is 0 Å². The Balaban J connectivity index is 1.51. The van der Waals surface area contributed by atoms with Crippen molar-refractivity contribution in [2.45, 2.75) is 50.5 Å². The van der Waals surface area contributed by atoms with Crippen LogP contribution in [0.2, 0.25) is 0 Å². The highest BCUT2D eigenvalue weighted by atomic mass is 16.3. The highest BCUT2D eigenvalue weighted by Crippen LogP contribution is 2.66. The number of aliphatic hydroxyl groups is 1. The van der Waals surface area contributed by atoms with E-state index in [9.17, 15) is 15.0 Å². The Kier molecular flexibility index (Phi) is 4.62. The number of phenolic OH excluding ortho intramolecular Hbond substituents is 1. The van der Waals surface area contributed by atoms with Crippen molar-refractivity contribution in [1.82, 2.24) is 0 Å². The van der Waals surface area contributed by atoms with Crippen LogP contribution >= 0.6 is 0 Å². The number of carbonyl (C=O) groups is 1. The smallest absolute Gasteiger partial charge is 0.123 e. The third-order valence-electron chi connectivity index (χ3n) is 8.50. The Bertz CT molecular complexity index is 981. The van der Waals surface area contributed by atoms with E-state index >= 15 is 0 Å². The van der Waals surface area contributed by atoms with E-state index < -0.39 is 5.60 Å². The molecule has 156 valence electrons. The van der Waals surface area contributed by atoms with Crippen molar-refractivity contribution >= 4 is 12.4 Å². The third kappa shape index (κ3) is 2.86. The van der Waals surface area contributed by atoms with Gasteiger partial charge in [-0.25, -0.2) is 0 Å². The molecule has 0 aromatic heterocycles. The van der Waals surface area contributed by atoms with Crippen LogP contribution in [0.5, 0.6) is 5.75 Å². The number of hydrogen-bond acceptors (Lipinski definition) is 3. The first-order valence-corrected chi connectivity index (χ1v) is 11.2. The van der Waals surface area contributed by atoms with Crippen LogP contribution in [0.3, 0.4) is 0 Å². The van der Waals surface area contributed by atoms with Gasteiger partial charge in [0.1, 0.15) is 12.0 Å². The van der Waals surface area contributed by atoms with Crippen LogP contribution in [0, 0.1) is 23.2 Å². The lowest BCUT2D eigenvalue weighted by molar-refractivity contribution is -0.124. The number of aryl methyl sites for hydroxylation is 1. The number of fused-ring (bicyclic) bond motifs is 5. The van der Waals surface area contributed by atoms with Crippen molar-refractivity contribution in [2.24, 2.45) is 23.2 Å². The molecule has 3 nitrogen and oxygen atoms in total. The lowest BCUT2D eigenvalue weighted by Gasteiger charge is -2.54. The molecule has 0 aliphatic heterocycles. The molecule has 2 N–H and O–H groups in total. The monoisotopic (exact) mass is 402 g/mol. The highest BCUT2D eigenvalue weighted by molar-refractivity contribution is 5.59. The van der Waals surface area contributed by atoms with Crippen molar-refractivity contribution in [2.75, 3.05) is 0 Å². The molecule has 3 aliphatic rings. The van der Waals surface area contributed by atoms with Crippen LogP contribution in [-0.2, 0) is 11.2 Å². The fourth-order valence-corrected chi connectivity index (χ4v) is 7.00. The van der Waals surface area contributed by atoms with Gasteiger partial charge in [0.15, 0.2) is 0 Å². The topological polar surface area (TPSA) is 57.5 Å². The Morgan fingerprint density at radius 2 is 1.90 bits per heavy atom. The van der Waals surface area contributed by atoms with Gasteiger partial charge in [0, 0.05) is 11.3 Å². The number of hydrogen-bond donors (Lipinski definition) is 2. The zero-order chi connectivity index (χ0) is 20.9. The maximum atomic E-state index is 12.3. The second-order valence-corrected chi connectivity index (χ2v) is 9.85. The summed E-state index contributed by atoms with van der Waals surface area (Å²) in [7, 11) is 0. The average Bonchev–Trinajstić information content (AvgIpc) is 3.03. The van der Waals surface area contributed by atoms with Crippen LogP contribution in [0.4, 0.5) is 0 Å². The van der Waals surface area contributed by atoms with Crippen molar-refractivity contribution in [3.8, 4) is 5.75 Å². The van der Waals surface area contributed by atoms with E-state index in [2.05, 4.69) is 6.92 Å². The van der Waals surface area contributed by atoms with Crippen molar-refractivity contribution < 1.29 is 15.0 Å². The highest BCUT2D eigenvalue weighted by Gasteiger charge is 2.62. The van der Waals surface area contributed by atoms with Crippen LogP contribution in [0.1, 0.15) is 55.2 Å². The summed E-state index contributed by atoms with van der Waals surface area (Å²) in [6.45, 7) is 2.21. The summed E-state index contributed by atoms with van der Waals surface area (Å²) < 4.78 is 0. The van der Waals surface area contributed by atoms with Crippen molar-refractivity contribution in [3.63, 3.8) is 0 Å². The maximum Gasteiger partial charge on any atom is 0.123 e. The SMILES string of the molecule is CC12CC(C=O)C3c4ccc(O)cc4CCC3C1CC[C@@]2(O)C=Cc1ccccc1. The summed E-state index contributed by atoms with van der Waals surface area (Å²) in [5.74, 6) is 1.19. The largest absolute Gasteiger partial charge is 0.508 e. The summed E-state index contributed by atoms with van der Waals surface area (Å²) in [6.07, 6.45) is 9.56. The van der Waals surface area contributed by atoms with Gasteiger partial charge in [-0.2, -0.15) is 0 Å². The quantitative estimate of drug-likeness (QED) is 0.701. The molecule has 30 heavy (non-hydrogen) atoms. The minimum Gasteiger partial charge on any atom is -0.508 e. The van der Waals surface area contributed by atoms with Gasteiger partial charge in [0.25, 0.3) is 0 Å². The minimum absolute atomic E-state index is 0.102. The van der Waals surface area contributed by atoms with Crippen LogP contribution in [0.15, 0.2) is 54.6 Å². The Morgan fingerprint density at radius 1 is 1.10 bits per heavy atom. The van der Waals surface area contributed by atoms with Gasteiger partial charge < -0.3 is 15.0 Å². The summed E-state index contributed by atoms with van der Waals surface area (Å²) >= 11 is 0. The molecular weight excluding hydrogens is 372 g/mol. The summed E-state index contributed by atoms with van der Waals surface area (Å²) in [6, 6.07) is 15.8. The van der Waals surface area contributed by atoms with E-state index in [-0.39, 0.29) is 17.3 Å². The van der Waals surface area contributed by atoms with Gasteiger partial charge in [-0.05, 0) is 78.7 Å². The predicted octanol–water partition coefficient (Wildman–Crippen LogP) is 5.12. The van der Waals surface area contributed by atoms with E-state index in [1.807, 2.05) is 54.6 Å². The zero-order valence-corrected chi connectivity index (χ0v) is 17.5. The van der Waals surface area contributed by atoms with Crippen LogP contribution in [0.25, 0.3) is 6.08 Å². The Morgan fingerprint density at radius 3 is 2.67 bits per heavy atom. The fourth-order valence-electron chi connectivity index (χ4n) is 7.00. The van der Waals surface area contributed by atoms with Gasteiger partial charge in [0.2, 0.25) is 0 Å². The molecule has 0 spiro atoms. The summed E-state index contributed by atoms with van der Waals surface area (Å²) in [5, 5.41) is 21.7. The van der Waals surface area contributed by atoms with Gasteiger partial charge in [-0.15, -0.1) is 0 Å². The Labute approximate surface area is 178 Å². The Hall–Kier alpha value is -2.39.